The number of hydrogen-bond donors (Lipinski definition) is 6. The largest absolute Gasteiger partial charge is 0.503 e. The van der Waals surface area contributed by atoms with E-state index in [9.17, 15) is 34.3 Å². The molecular formula is C20H21ClN8O9S. The minimum absolute atomic E-state index is 0.00319. The number of urea groups is 1. The minimum atomic E-state index is -1.67. The summed E-state index contributed by atoms with van der Waals surface area (Å²) in [4.78, 5) is 70.9. The molecule has 0 saturated carbocycles. The Bertz CT molecular complexity index is 1460. The van der Waals surface area contributed by atoms with Gasteiger partial charge < -0.3 is 46.5 Å². The number of ether oxygens (including phenoxy) is 1. The Kier molecular flexibility index (Phi) is 7.25. The number of anilines is 1. The third-order valence-corrected chi connectivity index (χ3v) is 6.83. The number of oxime groups is 1. The Morgan fingerprint density at radius 1 is 1.36 bits per heavy atom. The average molecular weight is 585 g/mol. The summed E-state index contributed by atoms with van der Waals surface area (Å²) in [6.45, 7) is 0.915. The molecule has 1 unspecified atom stereocenters. The van der Waals surface area contributed by atoms with Gasteiger partial charge in [0, 0.05) is 26.6 Å². The van der Waals surface area contributed by atoms with Crippen LogP contribution in [-0.4, -0.2) is 85.9 Å². The molecule has 19 heteroatoms. The van der Waals surface area contributed by atoms with E-state index in [1.54, 1.807) is 0 Å². The molecule has 3 atom stereocenters. The number of carbonyl (C=O) groups excluding carboxylic acids is 4. The lowest BCUT2D eigenvalue weighted by atomic mass is 9.95. The number of hydrogen-bond acceptors (Lipinski definition) is 13. The summed E-state index contributed by atoms with van der Waals surface area (Å²) in [6.07, 6.45) is 0.783. The van der Waals surface area contributed by atoms with Crippen LogP contribution in [-0.2, 0) is 30.5 Å². The third kappa shape index (κ3) is 5.65. The Morgan fingerprint density at radius 3 is 2.67 bits per heavy atom. The fourth-order valence-corrected chi connectivity index (χ4v) is 4.35. The summed E-state index contributed by atoms with van der Waals surface area (Å²) >= 11 is 6.97. The van der Waals surface area contributed by atoms with Crippen LogP contribution in [0.15, 0.2) is 22.2 Å². The molecule has 17 nitrogen and oxygen atoms in total. The minimum Gasteiger partial charge on any atom is -0.503 e. The summed E-state index contributed by atoms with van der Waals surface area (Å²) in [5.41, 5.74) is 4.30. The van der Waals surface area contributed by atoms with Gasteiger partial charge in [0.1, 0.15) is 16.1 Å². The number of β-lactam (4-membered cyclic amide) rings is 1. The van der Waals surface area contributed by atoms with Crippen LogP contribution in [0.4, 0.5) is 9.93 Å². The fourth-order valence-electron chi connectivity index (χ4n) is 3.42. The molecule has 2 fully saturated rings. The van der Waals surface area contributed by atoms with Crippen molar-refractivity contribution in [3.63, 3.8) is 0 Å². The second-order valence-electron chi connectivity index (χ2n) is 8.43. The summed E-state index contributed by atoms with van der Waals surface area (Å²) < 4.78 is 5.15. The van der Waals surface area contributed by atoms with Crippen LogP contribution in [0.3, 0.4) is 0 Å². The zero-order valence-corrected chi connectivity index (χ0v) is 21.7. The number of nitrogen functional groups attached to an aromatic ring is 1. The van der Waals surface area contributed by atoms with E-state index in [1.807, 2.05) is 0 Å². The number of nitrogens with zero attached hydrogens (tertiary/aromatic N) is 4. The maximum absolute atomic E-state index is 13.1. The number of aromatic hydroxyl groups is 1. The second kappa shape index (κ2) is 10.3. The third-order valence-electron chi connectivity index (χ3n) is 5.74. The highest BCUT2D eigenvalue weighted by molar-refractivity contribution is 7.19. The average Bonchev–Trinajstić information content (AvgIpc) is 3.33. The van der Waals surface area contributed by atoms with E-state index in [0.29, 0.717) is 4.73 Å². The van der Waals surface area contributed by atoms with Crippen molar-refractivity contribution in [2.24, 2.45) is 5.16 Å². The first-order valence-electron chi connectivity index (χ1n) is 11.0. The maximum atomic E-state index is 13.1. The number of cyclic esters (lactones) is 1. The van der Waals surface area contributed by atoms with E-state index in [2.05, 4.69) is 30.8 Å². The van der Waals surface area contributed by atoms with Crippen LogP contribution < -0.4 is 27.1 Å². The summed E-state index contributed by atoms with van der Waals surface area (Å²) in [6, 6.07) is -1.54. The van der Waals surface area contributed by atoms with Crippen molar-refractivity contribution in [3.8, 4) is 5.75 Å². The SMILES string of the molecule is CN1C(=O)[C@@H](NC(=O)/C(=N\OC2(C)OC2=O)c2nc(N)sc2Cl)[C@H]1CNC(=O)NCc1cc(=O)c(O)cn1O. The van der Waals surface area contributed by atoms with Gasteiger partial charge in [0.2, 0.25) is 11.3 Å². The molecule has 7 N–H and O–H groups in total. The Balaban J connectivity index is 1.39. The first kappa shape index (κ1) is 27.5. The lowest BCUT2D eigenvalue weighted by molar-refractivity contribution is -0.150. The molecule has 2 aromatic rings. The Morgan fingerprint density at radius 2 is 2.05 bits per heavy atom. The molecule has 0 aromatic carbocycles. The van der Waals surface area contributed by atoms with Gasteiger partial charge in [-0.25, -0.2) is 14.6 Å². The van der Waals surface area contributed by atoms with Crippen molar-refractivity contribution in [3.05, 3.63) is 38.2 Å². The van der Waals surface area contributed by atoms with E-state index in [0.717, 1.165) is 23.6 Å². The van der Waals surface area contributed by atoms with E-state index < -0.39 is 58.6 Å². The highest BCUT2D eigenvalue weighted by Crippen LogP contribution is 2.31. The number of halogens is 1. The molecule has 0 aliphatic carbocycles. The van der Waals surface area contributed by atoms with E-state index in [-0.39, 0.29) is 33.9 Å². The van der Waals surface area contributed by atoms with Crippen LogP contribution in [0.1, 0.15) is 18.3 Å². The lowest BCUT2D eigenvalue weighted by Crippen LogP contribution is -2.72. The topological polar surface area (TPSA) is 243 Å². The van der Waals surface area contributed by atoms with Crippen molar-refractivity contribution < 1.29 is 39.1 Å². The lowest BCUT2D eigenvalue weighted by Gasteiger charge is -2.45. The van der Waals surface area contributed by atoms with Gasteiger partial charge in [0.25, 0.3) is 5.91 Å². The number of nitrogens with one attached hydrogen (secondary N) is 3. The van der Waals surface area contributed by atoms with Crippen LogP contribution in [0, 0.1) is 0 Å². The highest BCUT2D eigenvalue weighted by Gasteiger charge is 2.58. The van der Waals surface area contributed by atoms with Gasteiger partial charge >= 0.3 is 17.8 Å². The highest BCUT2D eigenvalue weighted by atomic mass is 35.5. The zero-order chi connectivity index (χ0) is 28.6. The molecule has 4 heterocycles. The van der Waals surface area contributed by atoms with Crippen LogP contribution >= 0.6 is 22.9 Å². The van der Waals surface area contributed by atoms with E-state index in [4.69, 9.17) is 22.2 Å². The van der Waals surface area contributed by atoms with Crippen LogP contribution in [0.25, 0.3) is 0 Å². The quantitative estimate of drug-likeness (QED) is 0.0637. The predicted molar refractivity (Wildman–Crippen MR) is 132 cm³/mol. The molecule has 2 aromatic heterocycles. The smallest absolute Gasteiger partial charge is 0.398 e. The molecule has 0 radical (unpaired) electrons. The van der Waals surface area contributed by atoms with Crippen molar-refractivity contribution >= 4 is 57.6 Å². The monoisotopic (exact) mass is 584 g/mol. The Hall–Kier alpha value is -4.58. The van der Waals surface area contributed by atoms with Crippen molar-refractivity contribution in [1.29, 1.82) is 0 Å². The van der Waals surface area contributed by atoms with Crippen LogP contribution in [0.5, 0.6) is 5.75 Å². The number of nitrogens with two attached hydrogens (primary N) is 1. The molecule has 0 bridgehead atoms. The molecule has 208 valence electrons. The van der Waals surface area contributed by atoms with E-state index >= 15 is 0 Å². The number of epoxide rings is 1. The van der Waals surface area contributed by atoms with Crippen molar-refractivity contribution in [2.45, 2.75) is 31.3 Å². The zero-order valence-electron chi connectivity index (χ0n) is 20.1. The number of carbonyl (C=O) groups is 4. The number of likely N-dealkylation sites (N-methyl/N-ethyl adjacent to an activating group) is 1. The number of aromatic nitrogens is 2. The molecular weight excluding hydrogens is 564 g/mol. The molecule has 2 aliphatic heterocycles. The number of rotatable bonds is 9. The second-order valence-corrected chi connectivity index (χ2v) is 10.1. The van der Waals surface area contributed by atoms with Gasteiger partial charge in [-0.1, -0.05) is 28.1 Å². The molecule has 39 heavy (non-hydrogen) atoms. The standard InChI is InChI=1S/C20H21ClN8O9S/c1-20(17(34)37-20)38-27-13(12-14(21)39-18(22)26-12)15(32)25-11-8(28(2)16(11)33)5-24-19(35)23-4-7-3-9(30)10(31)6-29(7)36/h3,6,8,11,31,36H,4-5H2,1-2H3,(H2,22,26)(H,25,32)(H2,23,24,35)/b27-13-/t8-,11+,20?/m1/s1. The van der Waals surface area contributed by atoms with Gasteiger partial charge in [-0.2, -0.15) is 4.73 Å². The normalized spacial score (nSPS) is 22.0. The predicted octanol–water partition coefficient (Wildman–Crippen LogP) is -1.70. The first-order chi connectivity index (χ1) is 18.3. The summed E-state index contributed by atoms with van der Waals surface area (Å²) in [7, 11) is 1.46. The van der Waals surface area contributed by atoms with Crippen LogP contribution in [0.2, 0.25) is 4.34 Å². The molecule has 4 rings (SSSR count). The summed E-state index contributed by atoms with van der Waals surface area (Å²) in [5, 5.41) is 30.1. The van der Waals surface area contributed by atoms with E-state index in [1.165, 1.54) is 18.9 Å². The molecule has 2 aliphatic rings. The van der Waals surface area contributed by atoms with Gasteiger partial charge in [0.05, 0.1) is 24.5 Å². The van der Waals surface area contributed by atoms with Gasteiger partial charge in [-0.3, -0.25) is 14.4 Å². The molecule has 0 spiro atoms. The van der Waals surface area contributed by atoms with Gasteiger partial charge in [-0.05, 0) is 0 Å². The van der Waals surface area contributed by atoms with Crippen molar-refractivity contribution in [2.75, 3.05) is 19.3 Å². The van der Waals surface area contributed by atoms with Gasteiger partial charge in [-0.15, -0.1) is 0 Å². The Labute approximate surface area is 227 Å². The van der Waals surface area contributed by atoms with Gasteiger partial charge in [0.15, 0.2) is 16.6 Å². The fraction of sp³-hybridized carbons (Fsp3) is 0.350. The molecule has 2 saturated heterocycles. The number of amides is 4. The molecule has 4 amide bonds. The number of pyridine rings is 1. The first-order valence-corrected chi connectivity index (χ1v) is 12.1. The number of likely N-dealkylation sites (tertiary alicyclic amines) is 1. The summed E-state index contributed by atoms with van der Waals surface area (Å²) in [5.74, 6) is -4.44. The number of thiazole rings is 1. The van der Waals surface area contributed by atoms with Crippen molar-refractivity contribution in [1.82, 2.24) is 30.6 Å². The maximum Gasteiger partial charge on any atom is 0.398 e.